The second kappa shape index (κ2) is 3.23. The van der Waals surface area contributed by atoms with Crippen molar-refractivity contribution in [2.75, 3.05) is 7.11 Å². The van der Waals surface area contributed by atoms with E-state index in [4.69, 9.17) is 4.74 Å². The fraction of sp³-hybridized carbons (Fsp3) is 0.909. The zero-order valence-corrected chi connectivity index (χ0v) is 9.17. The van der Waals surface area contributed by atoms with E-state index in [-0.39, 0.29) is 12.0 Å². The van der Waals surface area contributed by atoms with Crippen LogP contribution < -0.4 is 5.32 Å². The molecule has 0 aromatic heterocycles. The Labute approximate surface area is 85.2 Å². The van der Waals surface area contributed by atoms with Crippen molar-refractivity contribution in [1.29, 1.82) is 0 Å². The molecule has 2 aliphatic rings. The molecule has 2 atom stereocenters. The number of carbonyl (C=O) groups is 1. The Morgan fingerprint density at radius 3 is 2.43 bits per heavy atom. The summed E-state index contributed by atoms with van der Waals surface area (Å²) in [4.78, 5) is 11.5. The van der Waals surface area contributed by atoms with E-state index < -0.39 is 0 Å². The van der Waals surface area contributed by atoms with Gasteiger partial charge in [-0.3, -0.25) is 4.79 Å². The average Bonchev–Trinajstić information content (AvgIpc) is 2.99. The van der Waals surface area contributed by atoms with Gasteiger partial charge in [0.05, 0.1) is 7.11 Å². The van der Waals surface area contributed by atoms with Crippen molar-refractivity contribution >= 4 is 5.97 Å². The van der Waals surface area contributed by atoms with Crippen LogP contribution in [0.15, 0.2) is 0 Å². The predicted octanol–water partition coefficient (Wildman–Crippen LogP) is 1.33. The summed E-state index contributed by atoms with van der Waals surface area (Å²) in [7, 11) is 1.47. The lowest BCUT2D eigenvalue weighted by atomic mass is 10.1. The summed E-state index contributed by atoms with van der Waals surface area (Å²) in [5.74, 6) is 0.439. The molecule has 0 bridgehead atoms. The smallest absolute Gasteiger partial charge is 0.323 e. The van der Waals surface area contributed by atoms with Crippen LogP contribution >= 0.6 is 0 Å². The Hall–Kier alpha value is -0.570. The summed E-state index contributed by atoms with van der Waals surface area (Å²) in [6.45, 7) is 4.46. The van der Waals surface area contributed by atoms with E-state index >= 15 is 0 Å². The number of hydrogen-bond acceptors (Lipinski definition) is 3. The molecule has 3 nitrogen and oxygen atoms in total. The third kappa shape index (κ3) is 1.92. The van der Waals surface area contributed by atoms with Gasteiger partial charge in [-0.25, -0.2) is 0 Å². The highest BCUT2D eigenvalue weighted by molar-refractivity contribution is 5.76. The van der Waals surface area contributed by atoms with Gasteiger partial charge in [-0.05, 0) is 30.6 Å². The summed E-state index contributed by atoms with van der Waals surface area (Å²) in [5.41, 5.74) is 0.376. The number of carbonyl (C=O) groups excluding carboxylic acids is 1. The van der Waals surface area contributed by atoms with Gasteiger partial charge in [0.2, 0.25) is 0 Å². The van der Waals surface area contributed by atoms with Crippen molar-refractivity contribution in [2.24, 2.45) is 11.3 Å². The maximum Gasteiger partial charge on any atom is 0.323 e. The maximum absolute atomic E-state index is 11.5. The molecular formula is C11H19NO2. The Morgan fingerprint density at radius 1 is 1.50 bits per heavy atom. The van der Waals surface area contributed by atoms with Gasteiger partial charge < -0.3 is 10.1 Å². The monoisotopic (exact) mass is 197 g/mol. The van der Waals surface area contributed by atoms with Gasteiger partial charge in [0.1, 0.15) is 6.04 Å². The number of methoxy groups -OCH3 is 1. The maximum atomic E-state index is 11.5. The van der Waals surface area contributed by atoms with Crippen molar-refractivity contribution < 1.29 is 9.53 Å². The van der Waals surface area contributed by atoms with Crippen LogP contribution in [0.25, 0.3) is 0 Å². The number of esters is 1. The van der Waals surface area contributed by atoms with Crippen LogP contribution in [0.3, 0.4) is 0 Å². The molecule has 2 saturated carbocycles. The van der Waals surface area contributed by atoms with Crippen LogP contribution in [-0.4, -0.2) is 25.2 Å². The summed E-state index contributed by atoms with van der Waals surface area (Å²) in [6, 6.07) is 0.457. The van der Waals surface area contributed by atoms with Crippen LogP contribution in [0.4, 0.5) is 0 Å². The van der Waals surface area contributed by atoms with Crippen molar-refractivity contribution in [3.05, 3.63) is 0 Å². The van der Waals surface area contributed by atoms with Gasteiger partial charge in [0.25, 0.3) is 0 Å². The predicted molar refractivity (Wildman–Crippen MR) is 53.8 cm³/mol. The molecule has 2 rings (SSSR count). The zero-order valence-electron chi connectivity index (χ0n) is 9.17. The molecule has 0 aromatic carbocycles. The Balaban J connectivity index is 1.89. The van der Waals surface area contributed by atoms with E-state index in [0.29, 0.717) is 17.4 Å². The molecule has 0 spiro atoms. The van der Waals surface area contributed by atoms with Crippen molar-refractivity contribution in [1.82, 2.24) is 5.32 Å². The topological polar surface area (TPSA) is 38.3 Å². The molecule has 1 N–H and O–H groups in total. The SMILES string of the molecule is COC(=O)C(NC1CC1(C)C)C1CC1. The van der Waals surface area contributed by atoms with Gasteiger partial charge >= 0.3 is 5.97 Å². The number of nitrogens with one attached hydrogen (secondary N) is 1. The third-order valence-corrected chi connectivity index (χ3v) is 3.44. The van der Waals surface area contributed by atoms with E-state index in [0.717, 1.165) is 0 Å². The van der Waals surface area contributed by atoms with E-state index in [2.05, 4.69) is 19.2 Å². The summed E-state index contributed by atoms with van der Waals surface area (Å²) in [5, 5.41) is 3.42. The van der Waals surface area contributed by atoms with Gasteiger partial charge in [-0.2, -0.15) is 0 Å². The molecule has 14 heavy (non-hydrogen) atoms. The van der Waals surface area contributed by atoms with Crippen LogP contribution in [0.1, 0.15) is 33.1 Å². The van der Waals surface area contributed by atoms with E-state index in [1.165, 1.54) is 26.4 Å². The fourth-order valence-electron chi connectivity index (χ4n) is 1.92. The summed E-state index contributed by atoms with van der Waals surface area (Å²) in [6.07, 6.45) is 3.51. The number of ether oxygens (including phenoxy) is 1. The van der Waals surface area contributed by atoms with Gasteiger partial charge in [0, 0.05) is 6.04 Å². The van der Waals surface area contributed by atoms with Crippen LogP contribution in [0.5, 0.6) is 0 Å². The molecule has 2 unspecified atom stereocenters. The molecular weight excluding hydrogens is 178 g/mol. The zero-order chi connectivity index (χ0) is 10.3. The Kier molecular flexibility index (Phi) is 2.30. The minimum atomic E-state index is -0.0878. The highest BCUT2D eigenvalue weighted by Gasteiger charge is 2.49. The van der Waals surface area contributed by atoms with Crippen molar-refractivity contribution in [3.8, 4) is 0 Å². The lowest BCUT2D eigenvalue weighted by Gasteiger charge is -2.16. The molecule has 80 valence electrons. The Morgan fingerprint density at radius 2 is 2.07 bits per heavy atom. The summed E-state index contributed by atoms with van der Waals surface area (Å²) < 4.78 is 4.81. The number of hydrogen-bond donors (Lipinski definition) is 1. The quantitative estimate of drug-likeness (QED) is 0.691. The first-order valence-corrected chi connectivity index (χ1v) is 5.38. The van der Waals surface area contributed by atoms with E-state index in [1.807, 2.05) is 0 Å². The molecule has 0 radical (unpaired) electrons. The molecule has 0 heterocycles. The van der Waals surface area contributed by atoms with Gasteiger partial charge in [0.15, 0.2) is 0 Å². The highest BCUT2D eigenvalue weighted by Crippen LogP contribution is 2.46. The molecule has 2 fully saturated rings. The molecule has 0 saturated heterocycles. The first-order valence-electron chi connectivity index (χ1n) is 5.38. The normalized spacial score (nSPS) is 30.9. The summed E-state index contributed by atoms with van der Waals surface area (Å²) >= 11 is 0. The highest BCUT2D eigenvalue weighted by atomic mass is 16.5. The Bertz CT molecular complexity index is 246. The largest absolute Gasteiger partial charge is 0.468 e. The van der Waals surface area contributed by atoms with Gasteiger partial charge in [-0.15, -0.1) is 0 Å². The minimum absolute atomic E-state index is 0.0493. The lowest BCUT2D eigenvalue weighted by Crippen LogP contribution is -2.42. The van der Waals surface area contributed by atoms with Crippen LogP contribution in [-0.2, 0) is 9.53 Å². The molecule has 0 amide bonds. The first-order chi connectivity index (χ1) is 6.54. The van der Waals surface area contributed by atoms with E-state index in [1.54, 1.807) is 0 Å². The molecule has 0 aromatic rings. The molecule has 2 aliphatic carbocycles. The number of rotatable bonds is 4. The third-order valence-electron chi connectivity index (χ3n) is 3.44. The first kappa shape index (κ1) is 9.97. The van der Waals surface area contributed by atoms with Crippen molar-refractivity contribution in [3.63, 3.8) is 0 Å². The second-order valence-corrected chi connectivity index (χ2v) is 5.25. The second-order valence-electron chi connectivity index (χ2n) is 5.25. The molecule has 3 heteroatoms. The van der Waals surface area contributed by atoms with Crippen LogP contribution in [0, 0.1) is 11.3 Å². The van der Waals surface area contributed by atoms with E-state index in [9.17, 15) is 4.79 Å². The minimum Gasteiger partial charge on any atom is -0.468 e. The van der Waals surface area contributed by atoms with Crippen molar-refractivity contribution in [2.45, 2.75) is 45.2 Å². The lowest BCUT2D eigenvalue weighted by molar-refractivity contribution is -0.143. The van der Waals surface area contributed by atoms with Gasteiger partial charge in [-0.1, -0.05) is 13.8 Å². The standard InChI is InChI=1S/C11H19NO2/c1-11(2)6-8(11)12-9(7-4-5-7)10(13)14-3/h7-9,12H,4-6H2,1-3H3. The fourth-order valence-corrected chi connectivity index (χ4v) is 1.92. The molecule has 0 aliphatic heterocycles. The van der Waals surface area contributed by atoms with Crippen LogP contribution in [0.2, 0.25) is 0 Å². The average molecular weight is 197 g/mol.